The number of carbonyl (C=O) groups is 4. The molecule has 0 aliphatic heterocycles. The van der Waals surface area contributed by atoms with Crippen LogP contribution in [0.5, 0.6) is 0 Å². The minimum absolute atomic E-state index is 0.0270. The summed E-state index contributed by atoms with van der Waals surface area (Å²) < 4.78 is 5.77. The van der Waals surface area contributed by atoms with Gasteiger partial charge in [0, 0.05) is 17.8 Å². The van der Waals surface area contributed by atoms with Crippen LogP contribution in [0.3, 0.4) is 0 Å². The first-order chi connectivity index (χ1) is 18.9. The number of hydrogen-bond donors (Lipinski definition) is 2. The van der Waals surface area contributed by atoms with Gasteiger partial charge in [0.1, 0.15) is 18.3 Å². The summed E-state index contributed by atoms with van der Waals surface area (Å²) in [7, 11) is 0. The Morgan fingerprint density at radius 1 is 0.854 bits per heavy atom. The van der Waals surface area contributed by atoms with Gasteiger partial charge in [0.25, 0.3) is 0 Å². The second-order valence-electron chi connectivity index (χ2n) is 15.3. The van der Waals surface area contributed by atoms with Crippen molar-refractivity contribution in [3.63, 3.8) is 0 Å². The van der Waals surface area contributed by atoms with Crippen molar-refractivity contribution in [1.82, 2.24) is 0 Å². The van der Waals surface area contributed by atoms with E-state index in [-0.39, 0.29) is 39.5 Å². The lowest BCUT2D eigenvalue weighted by molar-refractivity contribution is -0.172. The van der Waals surface area contributed by atoms with Crippen molar-refractivity contribution in [3.05, 3.63) is 11.1 Å². The van der Waals surface area contributed by atoms with Crippen LogP contribution < -0.4 is 0 Å². The Hall–Kier alpha value is -2.18. The summed E-state index contributed by atoms with van der Waals surface area (Å²) in [5, 5.41) is 18.4. The van der Waals surface area contributed by atoms with E-state index in [1.807, 2.05) is 0 Å². The average Bonchev–Trinajstić information content (AvgIpc) is 3.15. The molecule has 0 heterocycles. The number of carbonyl (C=O) groups excluding carboxylic acids is 2. The first-order valence-electron chi connectivity index (χ1n) is 15.8. The molecule has 9 atom stereocenters. The summed E-state index contributed by atoms with van der Waals surface area (Å²) in [5.41, 5.74) is 3.19. The summed E-state index contributed by atoms with van der Waals surface area (Å²) in [6, 6.07) is 0. The highest BCUT2D eigenvalue weighted by molar-refractivity contribution is 5.90. The second-order valence-corrected chi connectivity index (χ2v) is 15.3. The van der Waals surface area contributed by atoms with Gasteiger partial charge in [-0.3, -0.25) is 19.2 Å². The van der Waals surface area contributed by atoms with E-state index in [9.17, 15) is 24.3 Å². The molecule has 2 saturated carbocycles. The molecular formula is C34H52O7. The van der Waals surface area contributed by atoms with E-state index in [1.165, 1.54) is 0 Å². The van der Waals surface area contributed by atoms with Crippen LogP contribution in [0.25, 0.3) is 0 Å². The smallest absolute Gasteiger partial charge is 0.317 e. The van der Waals surface area contributed by atoms with E-state index >= 15 is 0 Å². The zero-order valence-electron chi connectivity index (χ0n) is 26.5. The predicted octanol–water partition coefficient (Wildman–Crippen LogP) is 7.07. The lowest BCUT2D eigenvalue weighted by atomic mass is 9.43. The van der Waals surface area contributed by atoms with E-state index in [2.05, 4.69) is 41.5 Å². The Labute approximate surface area is 245 Å². The third-order valence-electron chi connectivity index (χ3n) is 13.2. The lowest BCUT2D eigenvalue weighted by Crippen LogP contribution is -2.56. The summed E-state index contributed by atoms with van der Waals surface area (Å²) in [5.74, 6) is -2.81. The second kappa shape index (κ2) is 10.8. The van der Waals surface area contributed by atoms with Crippen LogP contribution in [-0.2, 0) is 23.9 Å². The van der Waals surface area contributed by atoms with E-state index in [1.54, 1.807) is 25.0 Å². The van der Waals surface area contributed by atoms with Gasteiger partial charge in [0.05, 0.1) is 5.92 Å². The number of esters is 1. The fraction of sp³-hybridized carbons (Fsp3) is 0.824. The minimum atomic E-state index is -1.16. The molecule has 4 rings (SSSR count). The van der Waals surface area contributed by atoms with E-state index < -0.39 is 36.2 Å². The summed E-state index contributed by atoms with van der Waals surface area (Å²) in [6.07, 6.45) is 7.67. The van der Waals surface area contributed by atoms with Crippen molar-refractivity contribution in [3.8, 4) is 0 Å². The molecule has 0 aromatic heterocycles. The maximum atomic E-state index is 13.1. The number of ether oxygens (including phenoxy) is 1. The number of allylic oxidation sites excluding steroid dienone is 2. The molecule has 4 aliphatic carbocycles. The standard InChI is InChI=1S/C34H52O7/c1-19(17-25(35)20(2)21(3)30(39)40)22-11-15-34(8)24-9-10-26-31(4,5)27(41-29(38)18-28(36)37)13-14-32(26,6)23(24)12-16-33(22,34)7/h19-22,26-27H,9-18H2,1-8H3,(H,36,37)(H,39,40)/t19-,20-,21-,22-,26+,27-,32-,33-,34+/m1/s1. The first-order valence-corrected chi connectivity index (χ1v) is 15.8. The number of aliphatic carboxylic acids is 2. The van der Waals surface area contributed by atoms with E-state index in [0.29, 0.717) is 18.3 Å². The van der Waals surface area contributed by atoms with Gasteiger partial charge in [0.15, 0.2) is 0 Å². The van der Waals surface area contributed by atoms with Crippen molar-refractivity contribution < 1.29 is 34.1 Å². The molecule has 0 unspecified atom stereocenters. The SMILES string of the molecule is C[C@H](CC(=O)[C@H](C)[C@@H](C)C(=O)O)[C@H]1CC[C@@]2(C)C3=C(CC[C@]12C)[C@@]1(C)CC[C@@H](OC(=O)CC(=O)O)C(C)(C)[C@@H]1CC3. The molecule has 0 saturated heterocycles. The largest absolute Gasteiger partial charge is 0.481 e. The first kappa shape index (κ1) is 31.7. The van der Waals surface area contributed by atoms with Gasteiger partial charge in [-0.2, -0.15) is 0 Å². The normalized spacial score (nSPS) is 38.1. The van der Waals surface area contributed by atoms with Gasteiger partial charge < -0.3 is 14.9 Å². The van der Waals surface area contributed by atoms with Crippen molar-refractivity contribution >= 4 is 23.7 Å². The van der Waals surface area contributed by atoms with Crippen LogP contribution in [-0.4, -0.2) is 40.0 Å². The van der Waals surface area contributed by atoms with Crippen molar-refractivity contribution in [2.75, 3.05) is 0 Å². The van der Waals surface area contributed by atoms with E-state index in [0.717, 1.165) is 51.4 Å². The van der Waals surface area contributed by atoms with E-state index in [4.69, 9.17) is 9.84 Å². The van der Waals surface area contributed by atoms with Gasteiger partial charge in [0.2, 0.25) is 0 Å². The summed E-state index contributed by atoms with van der Waals surface area (Å²) in [6.45, 7) is 17.3. The topological polar surface area (TPSA) is 118 Å². The molecule has 7 nitrogen and oxygen atoms in total. The monoisotopic (exact) mass is 572 g/mol. The van der Waals surface area contributed by atoms with Crippen LogP contribution in [0.15, 0.2) is 11.1 Å². The fourth-order valence-corrected chi connectivity index (χ4v) is 10.3. The third kappa shape index (κ3) is 5.07. The van der Waals surface area contributed by atoms with Crippen LogP contribution >= 0.6 is 0 Å². The van der Waals surface area contributed by atoms with Gasteiger partial charge in [-0.25, -0.2) is 0 Å². The van der Waals surface area contributed by atoms with Gasteiger partial charge in [-0.15, -0.1) is 0 Å². The summed E-state index contributed by atoms with van der Waals surface area (Å²) >= 11 is 0. The number of Topliss-reactive ketones (excluding diaryl/α,β-unsaturated/α-hetero) is 1. The Balaban J connectivity index is 1.56. The maximum Gasteiger partial charge on any atom is 0.317 e. The zero-order valence-corrected chi connectivity index (χ0v) is 26.5. The molecule has 4 aliphatic rings. The average molecular weight is 573 g/mol. The third-order valence-corrected chi connectivity index (χ3v) is 13.2. The lowest BCUT2D eigenvalue weighted by Gasteiger charge is -2.62. The molecule has 2 fully saturated rings. The highest BCUT2D eigenvalue weighted by Gasteiger charge is 2.63. The number of hydrogen-bond acceptors (Lipinski definition) is 5. The van der Waals surface area contributed by atoms with Crippen molar-refractivity contribution in [1.29, 1.82) is 0 Å². The van der Waals surface area contributed by atoms with Crippen molar-refractivity contribution in [2.24, 2.45) is 51.2 Å². The number of carboxylic acid groups (broad SMARTS) is 2. The molecule has 0 amide bonds. The van der Waals surface area contributed by atoms with Crippen LogP contribution in [0.4, 0.5) is 0 Å². The molecule has 0 radical (unpaired) electrons. The van der Waals surface area contributed by atoms with Crippen LogP contribution in [0.2, 0.25) is 0 Å². The number of carboxylic acids is 2. The molecule has 7 heteroatoms. The number of rotatable bonds is 9. The Bertz CT molecular complexity index is 1140. The molecule has 0 aromatic carbocycles. The molecule has 0 bridgehead atoms. The molecule has 41 heavy (non-hydrogen) atoms. The highest BCUT2D eigenvalue weighted by Crippen LogP contribution is 2.72. The molecule has 0 spiro atoms. The fourth-order valence-electron chi connectivity index (χ4n) is 10.3. The van der Waals surface area contributed by atoms with Crippen LogP contribution in [0.1, 0.15) is 120 Å². The molecule has 2 N–H and O–H groups in total. The highest BCUT2D eigenvalue weighted by atomic mass is 16.5. The van der Waals surface area contributed by atoms with Crippen molar-refractivity contribution in [2.45, 2.75) is 126 Å². The van der Waals surface area contributed by atoms with Gasteiger partial charge >= 0.3 is 17.9 Å². The predicted molar refractivity (Wildman–Crippen MR) is 156 cm³/mol. The quantitative estimate of drug-likeness (QED) is 0.172. The molecule has 230 valence electrons. The molecule has 0 aromatic rings. The van der Waals surface area contributed by atoms with Gasteiger partial charge in [-0.1, -0.05) is 66.5 Å². The Kier molecular flexibility index (Phi) is 8.38. The van der Waals surface area contributed by atoms with Gasteiger partial charge in [-0.05, 0) is 85.4 Å². The minimum Gasteiger partial charge on any atom is -0.481 e. The zero-order chi connectivity index (χ0) is 30.7. The number of fused-ring (bicyclic) bond motifs is 4. The molecular weight excluding hydrogens is 520 g/mol. The Morgan fingerprint density at radius 3 is 2.12 bits per heavy atom. The van der Waals surface area contributed by atoms with Crippen LogP contribution in [0, 0.1) is 51.2 Å². The maximum absolute atomic E-state index is 13.1. The Morgan fingerprint density at radius 2 is 1.51 bits per heavy atom. The summed E-state index contributed by atoms with van der Waals surface area (Å²) in [4.78, 5) is 47.9. The number of ketones is 1.